The predicted molar refractivity (Wildman–Crippen MR) is 77.4 cm³/mol. The average Bonchev–Trinajstić information content (AvgIpc) is 2.73. The quantitative estimate of drug-likeness (QED) is 0.618. The van der Waals surface area contributed by atoms with Crippen molar-refractivity contribution in [3.63, 3.8) is 0 Å². The van der Waals surface area contributed by atoms with E-state index in [1.165, 1.54) is 18.3 Å². The second-order valence-corrected chi connectivity index (χ2v) is 6.71. The molecule has 0 aliphatic carbocycles. The van der Waals surface area contributed by atoms with Crippen LogP contribution in [0.25, 0.3) is 0 Å². The predicted octanol–water partition coefficient (Wildman–Crippen LogP) is 1.75. The summed E-state index contributed by atoms with van der Waals surface area (Å²) in [6.07, 6.45) is 0. The third-order valence-corrected chi connectivity index (χ3v) is 4.07. The summed E-state index contributed by atoms with van der Waals surface area (Å²) in [6.45, 7) is 7.16. The van der Waals surface area contributed by atoms with Gasteiger partial charge in [0.25, 0.3) is 0 Å². The zero-order valence-corrected chi connectivity index (χ0v) is 13.0. The number of nitrogens with one attached hydrogen (secondary N) is 2. The van der Waals surface area contributed by atoms with E-state index in [1.54, 1.807) is 11.8 Å². The van der Waals surface area contributed by atoms with Crippen LogP contribution in [0.3, 0.4) is 0 Å². The first-order chi connectivity index (χ1) is 8.93. The summed E-state index contributed by atoms with van der Waals surface area (Å²) in [4.78, 5) is 23.1. The number of hydrogen-bond acceptors (Lipinski definition) is 6. The first kappa shape index (κ1) is 15.9. The van der Waals surface area contributed by atoms with Crippen molar-refractivity contribution < 1.29 is 9.59 Å². The molecule has 2 N–H and O–H groups in total. The molecule has 0 saturated carbocycles. The van der Waals surface area contributed by atoms with E-state index in [0.717, 1.165) is 10.1 Å². The molecule has 6 nitrogen and oxygen atoms in total. The zero-order chi connectivity index (χ0) is 14.4. The van der Waals surface area contributed by atoms with Gasteiger partial charge < -0.3 is 5.32 Å². The van der Waals surface area contributed by atoms with Crippen LogP contribution in [0.1, 0.15) is 27.7 Å². The van der Waals surface area contributed by atoms with Crippen LogP contribution >= 0.6 is 23.1 Å². The van der Waals surface area contributed by atoms with Crippen molar-refractivity contribution in [3.05, 3.63) is 0 Å². The standard InChI is InChI=1S/C11H18N4O2S2/c1-5-18-11-15-14-10(19-11)13-9(17)8(6(2)3)12-7(4)16/h6,8H,5H2,1-4H3,(H,12,16)(H,13,14,17)/t8-/m0/s1. The molecule has 0 unspecified atom stereocenters. The Bertz CT molecular complexity index is 448. The topological polar surface area (TPSA) is 84.0 Å². The van der Waals surface area contributed by atoms with Gasteiger partial charge >= 0.3 is 0 Å². The third kappa shape index (κ3) is 5.15. The number of anilines is 1. The van der Waals surface area contributed by atoms with Crippen molar-refractivity contribution in [2.45, 2.75) is 38.1 Å². The minimum absolute atomic E-state index is 0.00121. The number of hydrogen-bond donors (Lipinski definition) is 2. The maximum absolute atomic E-state index is 12.1. The minimum Gasteiger partial charge on any atom is -0.344 e. The number of thioether (sulfide) groups is 1. The molecule has 0 bridgehead atoms. The summed E-state index contributed by atoms with van der Waals surface area (Å²) in [5.41, 5.74) is 0. The molecule has 0 fully saturated rings. The fourth-order valence-electron chi connectivity index (χ4n) is 1.38. The van der Waals surface area contributed by atoms with Gasteiger partial charge in [-0.05, 0) is 11.7 Å². The van der Waals surface area contributed by atoms with Crippen molar-refractivity contribution in [1.29, 1.82) is 0 Å². The molecule has 0 aliphatic heterocycles. The van der Waals surface area contributed by atoms with Crippen LogP contribution in [0.4, 0.5) is 5.13 Å². The highest BCUT2D eigenvalue weighted by molar-refractivity contribution is 8.01. The first-order valence-corrected chi connectivity index (χ1v) is 7.78. The molecule has 1 aromatic heterocycles. The van der Waals surface area contributed by atoms with Crippen LogP contribution in [0.2, 0.25) is 0 Å². The molecule has 1 heterocycles. The lowest BCUT2D eigenvalue weighted by Gasteiger charge is -2.19. The van der Waals surface area contributed by atoms with Crippen molar-refractivity contribution in [2.24, 2.45) is 5.92 Å². The van der Waals surface area contributed by atoms with E-state index in [4.69, 9.17) is 0 Å². The molecule has 8 heteroatoms. The lowest BCUT2D eigenvalue weighted by Crippen LogP contribution is -2.46. The van der Waals surface area contributed by atoms with E-state index < -0.39 is 6.04 Å². The highest BCUT2D eigenvalue weighted by atomic mass is 32.2. The maximum Gasteiger partial charge on any atom is 0.249 e. The van der Waals surface area contributed by atoms with Gasteiger partial charge in [-0.2, -0.15) is 0 Å². The van der Waals surface area contributed by atoms with Gasteiger partial charge in [-0.25, -0.2) is 0 Å². The average molecular weight is 302 g/mol. The van der Waals surface area contributed by atoms with E-state index in [1.807, 2.05) is 20.8 Å². The second kappa shape index (κ2) is 7.44. The molecule has 0 radical (unpaired) electrons. The van der Waals surface area contributed by atoms with E-state index in [9.17, 15) is 9.59 Å². The molecule has 2 amide bonds. The molecule has 0 spiro atoms. The summed E-state index contributed by atoms with van der Waals surface area (Å²) in [5, 5.41) is 13.6. The van der Waals surface area contributed by atoms with Gasteiger partial charge in [-0.15, -0.1) is 10.2 Å². The Hall–Kier alpha value is -1.15. The Morgan fingerprint density at radius 2 is 2.05 bits per heavy atom. The van der Waals surface area contributed by atoms with Crippen LogP contribution in [0, 0.1) is 5.92 Å². The summed E-state index contributed by atoms with van der Waals surface area (Å²) in [7, 11) is 0. The molecule has 1 rings (SSSR count). The molecule has 1 aromatic rings. The van der Waals surface area contributed by atoms with Gasteiger partial charge in [0.15, 0.2) is 4.34 Å². The first-order valence-electron chi connectivity index (χ1n) is 5.98. The number of carbonyl (C=O) groups excluding carboxylic acids is 2. The summed E-state index contributed by atoms with van der Waals surface area (Å²) >= 11 is 2.90. The molecular weight excluding hydrogens is 284 g/mol. The number of rotatable bonds is 6. The number of amides is 2. The summed E-state index contributed by atoms with van der Waals surface area (Å²) in [5.74, 6) is 0.410. The van der Waals surface area contributed by atoms with Crippen LogP contribution < -0.4 is 10.6 Å². The molecule has 0 saturated heterocycles. The van der Waals surface area contributed by atoms with E-state index in [0.29, 0.717) is 5.13 Å². The lowest BCUT2D eigenvalue weighted by molar-refractivity contribution is -0.126. The molecule has 0 aromatic carbocycles. The van der Waals surface area contributed by atoms with Crippen LogP contribution in [-0.4, -0.2) is 33.8 Å². The van der Waals surface area contributed by atoms with E-state index >= 15 is 0 Å². The van der Waals surface area contributed by atoms with Gasteiger partial charge in [0.05, 0.1) is 0 Å². The van der Waals surface area contributed by atoms with Gasteiger partial charge in [-0.3, -0.25) is 14.9 Å². The Kier molecular flexibility index (Phi) is 6.23. The van der Waals surface area contributed by atoms with Crippen LogP contribution in [0.15, 0.2) is 4.34 Å². The van der Waals surface area contributed by atoms with E-state index in [-0.39, 0.29) is 17.7 Å². The van der Waals surface area contributed by atoms with Crippen molar-refractivity contribution >= 4 is 40.0 Å². The van der Waals surface area contributed by atoms with Gasteiger partial charge in [0.1, 0.15) is 6.04 Å². The maximum atomic E-state index is 12.1. The number of carbonyl (C=O) groups is 2. The number of nitrogens with zero attached hydrogens (tertiary/aromatic N) is 2. The monoisotopic (exact) mass is 302 g/mol. The van der Waals surface area contributed by atoms with Gasteiger partial charge in [-0.1, -0.05) is 43.9 Å². The Morgan fingerprint density at radius 3 is 2.58 bits per heavy atom. The largest absolute Gasteiger partial charge is 0.344 e. The Morgan fingerprint density at radius 1 is 1.37 bits per heavy atom. The molecular formula is C11H18N4O2S2. The zero-order valence-electron chi connectivity index (χ0n) is 11.4. The highest BCUT2D eigenvalue weighted by Gasteiger charge is 2.24. The lowest BCUT2D eigenvalue weighted by atomic mass is 10.0. The molecule has 1 atom stereocenters. The third-order valence-electron chi connectivity index (χ3n) is 2.21. The molecule has 0 aliphatic rings. The normalized spacial score (nSPS) is 12.3. The Labute approximate surface area is 120 Å². The van der Waals surface area contributed by atoms with Gasteiger partial charge in [0.2, 0.25) is 16.9 Å². The molecule has 106 valence electrons. The summed E-state index contributed by atoms with van der Waals surface area (Å²) < 4.78 is 0.818. The van der Waals surface area contributed by atoms with E-state index in [2.05, 4.69) is 20.8 Å². The second-order valence-electron chi connectivity index (χ2n) is 4.22. The van der Waals surface area contributed by atoms with Gasteiger partial charge in [0, 0.05) is 6.92 Å². The minimum atomic E-state index is -0.566. The van der Waals surface area contributed by atoms with Crippen LogP contribution in [0.5, 0.6) is 0 Å². The number of aromatic nitrogens is 2. The Balaban J connectivity index is 2.67. The SMILES string of the molecule is CCSc1nnc(NC(=O)[C@@H](NC(C)=O)C(C)C)s1. The fourth-order valence-corrected chi connectivity index (χ4v) is 3.03. The smallest absolute Gasteiger partial charge is 0.249 e. The summed E-state index contributed by atoms with van der Waals surface area (Å²) in [6, 6.07) is -0.566. The molecule has 19 heavy (non-hydrogen) atoms. The van der Waals surface area contributed by atoms with Crippen LogP contribution in [-0.2, 0) is 9.59 Å². The van der Waals surface area contributed by atoms with Crippen molar-refractivity contribution in [1.82, 2.24) is 15.5 Å². The van der Waals surface area contributed by atoms with Crippen molar-refractivity contribution in [2.75, 3.05) is 11.1 Å². The van der Waals surface area contributed by atoms with Crippen molar-refractivity contribution in [3.8, 4) is 0 Å². The highest BCUT2D eigenvalue weighted by Crippen LogP contribution is 2.25. The fraction of sp³-hybridized carbons (Fsp3) is 0.636.